The Morgan fingerprint density at radius 2 is 1.91 bits per heavy atom. The number of rotatable bonds is 1. The SMILES string of the molecule is Cc1cc2c(c(-c3cc4ccccc4[nH]3)c1)OC(C)(C)CC2. The van der Waals surface area contributed by atoms with Crippen LogP contribution in [-0.4, -0.2) is 10.6 Å². The second kappa shape index (κ2) is 4.64. The van der Waals surface area contributed by atoms with Gasteiger partial charge in [-0.25, -0.2) is 0 Å². The molecular formula is C20H21NO. The number of hydrogen-bond donors (Lipinski definition) is 1. The average molecular weight is 291 g/mol. The lowest BCUT2D eigenvalue weighted by Crippen LogP contribution is -2.32. The van der Waals surface area contributed by atoms with Gasteiger partial charge in [0.05, 0.1) is 5.69 Å². The Labute approximate surface area is 131 Å². The van der Waals surface area contributed by atoms with Gasteiger partial charge >= 0.3 is 0 Å². The van der Waals surface area contributed by atoms with Crippen LogP contribution in [0.15, 0.2) is 42.5 Å². The molecule has 0 unspecified atom stereocenters. The third kappa shape index (κ3) is 2.19. The topological polar surface area (TPSA) is 25.0 Å². The molecule has 2 heterocycles. The van der Waals surface area contributed by atoms with Gasteiger partial charge in [-0.2, -0.15) is 0 Å². The van der Waals surface area contributed by atoms with Crippen molar-refractivity contribution in [3.63, 3.8) is 0 Å². The van der Waals surface area contributed by atoms with Crippen LogP contribution in [0.2, 0.25) is 0 Å². The van der Waals surface area contributed by atoms with Gasteiger partial charge in [0.2, 0.25) is 0 Å². The van der Waals surface area contributed by atoms with Crippen molar-refractivity contribution in [1.29, 1.82) is 0 Å². The molecule has 1 N–H and O–H groups in total. The van der Waals surface area contributed by atoms with Crippen molar-refractivity contribution in [2.45, 2.75) is 39.2 Å². The molecule has 0 aliphatic carbocycles. The summed E-state index contributed by atoms with van der Waals surface area (Å²) < 4.78 is 6.34. The summed E-state index contributed by atoms with van der Waals surface area (Å²) in [6.07, 6.45) is 2.15. The predicted molar refractivity (Wildman–Crippen MR) is 91.5 cm³/mol. The maximum Gasteiger partial charge on any atom is 0.132 e. The van der Waals surface area contributed by atoms with Crippen LogP contribution in [-0.2, 0) is 6.42 Å². The Morgan fingerprint density at radius 1 is 1.09 bits per heavy atom. The number of nitrogens with one attached hydrogen (secondary N) is 1. The number of ether oxygens (including phenoxy) is 1. The van der Waals surface area contributed by atoms with Gasteiger partial charge in [-0.15, -0.1) is 0 Å². The fraction of sp³-hybridized carbons (Fsp3) is 0.300. The molecule has 2 nitrogen and oxygen atoms in total. The van der Waals surface area contributed by atoms with E-state index in [4.69, 9.17) is 4.74 Å². The molecule has 112 valence electrons. The first kappa shape index (κ1) is 13.4. The summed E-state index contributed by atoms with van der Waals surface area (Å²) in [5, 5.41) is 1.24. The van der Waals surface area contributed by atoms with E-state index in [1.165, 1.54) is 27.6 Å². The molecule has 0 bridgehead atoms. The molecule has 3 aromatic rings. The minimum absolute atomic E-state index is 0.0942. The molecule has 22 heavy (non-hydrogen) atoms. The molecule has 0 amide bonds. The van der Waals surface area contributed by atoms with Crippen molar-refractivity contribution < 1.29 is 4.74 Å². The number of hydrogen-bond acceptors (Lipinski definition) is 1. The van der Waals surface area contributed by atoms with Gasteiger partial charge in [0.15, 0.2) is 0 Å². The highest BCUT2D eigenvalue weighted by atomic mass is 16.5. The number of fused-ring (bicyclic) bond motifs is 2. The largest absolute Gasteiger partial charge is 0.487 e. The van der Waals surface area contributed by atoms with E-state index in [-0.39, 0.29) is 5.60 Å². The quantitative estimate of drug-likeness (QED) is 0.651. The molecule has 0 saturated carbocycles. The van der Waals surface area contributed by atoms with E-state index >= 15 is 0 Å². The van der Waals surface area contributed by atoms with Crippen LogP contribution in [0.4, 0.5) is 0 Å². The van der Waals surface area contributed by atoms with E-state index in [2.05, 4.69) is 68.2 Å². The Balaban J connectivity index is 1.92. The number of aromatic nitrogens is 1. The number of H-pyrrole nitrogens is 1. The van der Waals surface area contributed by atoms with Gasteiger partial charge in [0.25, 0.3) is 0 Å². The van der Waals surface area contributed by atoms with Crippen molar-refractivity contribution in [3.05, 3.63) is 53.6 Å². The van der Waals surface area contributed by atoms with Crippen molar-refractivity contribution >= 4 is 10.9 Å². The van der Waals surface area contributed by atoms with Gasteiger partial charge in [0.1, 0.15) is 11.4 Å². The van der Waals surface area contributed by atoms with Crippen LogP contribution in [0.3, 0.4) is 0 Å². The second-order valence-corrected chi connectivity index (χ2v) is 6.93. The molecule has 0 spiro atoms. The van der Waals surface area contributed by atoms with Gasteiger partial charge in [-0.05, 0) is 62.9 Å². The van der Waals surface area contributed by atoms with Crippen molar-refractivity contribution in [1.82, 2.24) is 4.98 Å². The molecule has 2 heteroatoms. The first-order chi connectivity index (χ1) is 10.5. The molecule has 4 rings (SSSR count). The highest BCUT2D eigenvalue weighted by Crippen LogP contribution is 2.41. The lowest BCUT2D eigenvalue weighted by Gasteiger charge is -2.34. The van der Waals surface area contributed by atoms with Gasteiger partial charge in [-0.3, -0.25) is 0 Å². The minimum atomic E-state index is -0.0942. The Hall–Kier alpha value is -2.22. The zero-order chi connectivity index (χ0) is 15.3. The van der Waals surface area contributed by atoms with E-state index in [1.807, 2.05) is 0 Å². The summed E-state index contributed by atoms with van der Waals surface area (Å²) >= 11 is 0. The maximum atomic E-state index is 6.34. The zero-order valence-electron chi connectivity index (χ0n) is 13.4. The summed E-state index contributed by atoms with van der Waals surface area (Å²) in [4.78, 5) is 3.54. The summed E-state index contributed by atoms with van der Waals surface area (Å²) in [5.74, 6) is 1.05. The van der Waals surface area contributed by atoms with Crippen LogP contribution in [0.5, 0.6) is 5.75 Å². The average Bonchev–Trinajstić information content (AvgIpc) is 2.90. The van der Waals surface area contributed by atoms with E-state index in [9.17, 15) is 0 Å². The lowest BCUT2D eigenvalue weighted by molar-refractivity contribution is 0.0854. The molecular weight excluding hydrogens is 270 g/mol. The zero-order valence-corrected chi connectivity index (χ0v) is 13.4. The fourth-order valence-electron chi connectivity index (χ4n) is 3.34. The lowest BCUT2D eigenvalue weighted by atomic mass is 9.91. The summed E-state index contributed by atoms with van der Waals surface area (Å²) in [6.45, 7) is 6.50. The molecule has 1 aliphatic heterocycles. The van der Waals surface area contributed by atoms with Crippen LogP contribution in [0.1, 0.15) is 31.4 Å². The molecule has 0 atom stereocenters. The Kier molecular flexibility index (Phi) is 2.83. The first-order valence-electron chi connectivity index (χ1n) is 7.92. The predicted octanol–water partition coefficient (Wildman–Crippen LogP) is 5.25. The highest BCUT2D eigenvalue weighted by Gasteiger charge is 2.29. The van der Waals surface area contributed by atoms with Crippen LogP contribution in [0.25, 0.3) is 22.2 Å². The van der Waals surface area contributed by atoms with Crippen LogP contribution >= 0.6 is 0 Å². The molecule has 1 aromatic heterocycles. The van der Waals surface area contributed by atoms with E-state index in [1.54, 1.807) is 0 Å². The molecule has 0 fully saturated rings. The number of para-hydroxylation sites is 1. The van der Waals surface area contributed by atoms with Crippen molar-refractivity contribution in [2.75, 3.05) is 0 Å². The Bertz CT molecular complexity index is 824. The summed E-state index contributed by atoms with van der Waals surface area (Å²) in [6, 6.07) is 15.1. The van der Waals surface area contributed by atoms with Crippen molar-refractivity contribution in [3.8, 4) is 17.0 Å². The smallest absolute Gasteiger partial charge is 0.132 e. The number of aryl methyl sites for hydroxylation is 2. The van der Waals surface area contributed by atoms with E-state index < -0.39 is 0 Å². The Morgan fingerprint density at radius 3 is 2.73 bits per heavy atom. The maximum absolute atomic E-state index is 6.34. The third-order valence-corrected chi connectivity index (χ3v) is 4.51. The highest BCUT2D eigenvalue weighted by molar-refractivity contribution is 5.87. The van der Waals surface area contributed by atoms with E-state index in [0.29, 0.717) is 0 Å². The fourth-order valence-corrected chi connectivity index (χ4v) is 3.34. The summed E-state index contributed by atoms with van der Waals surface area (Å²) in [7, 11) is 0. The normalized spacial score (nSPS) is 16.3. The van der Waals surface area contributed by atoms with Crippen LogP contribution in [0, 0.1) is 6.92 Å². The van der Waals surface area contributed by atoms with Crippen LogP contribution < -0.4 is 4.74 Å². The van der Waals surface area contributed by atoms with Gasteiger partial charge < -0.3 is 9.72 Å². The second-order valence-electron chi connectivity index (χ2n) is 6.93. The monoisotopic (exact) mass is 291 g/mol. The van der Waals surface area contributed by atoms with Gasteiger partial charge in [0, 0.05) is 16.5 Å². The standard InChI is InChI=1S/C20H21NO/c1-13-10-15-8-9-20(2,3)22-19(15)16(11-13)18-12-14-6-4-5-7-17(14)21-18/h4-7,10-12,21H,8-9H2,1-3H3. The first-order valence-corrected chi connectivity index (χ1v) is 7.92. The molecule has 0 radical (unpaired) electrons. The number of benzene rings is 2. The van der Waals surface area contributed by atoms with Crippen molar-refractivity contribution in [2.24, 2.45) is 0 Å². The molecule has 2 aromatic carbocycles. The minimum Gasteiger partial charge on any atom is -0.487 e. The van der Waals surface area contributed by atoms with Gasteiger partial charge in [-0.1, -0.05) is 24.3 Å². The molecule has 0 saturated heterocycles. The number of aromatic amines is 1. The van der Waals surface area contributed by atoms with E-state index in [0.717, 1.165) is 24.3 Å². The summed E-state index contributed by atoms with van der Waals surface area (Å²) in [5.41, 5.74) is 6.01. The third-order valence-electron chi connectivity index (χ3n) is 4.51. The molecule has 1 aliphatic rings.